The zero-order valence-electron chi connectivity index (χ0n) is 15.9. The molecule has 0 amide bonds. The second-order valence-electron chi connectivity index (χ2n) is 7.70. The largest absolute Gasteiger partial charge is 0.391 e. The Hall–Kier alpha value is -0.120. The molecule has 1 N–H and O–H groups in total. The Kier molecular flexibility index (Phi) is 11.4. The minimum Gasteiger partial charge on any atom is -0.391 e. The van der Waals surface area contributed by atoms with E-state index in [0.717, 1.165) is 19.4 Å². The molecular formula is C19H40O3. The molecule has 0 radical (unpaired) electrons. The minimum absolute atomic E-state index is 0.151. The summed E-state index contributed by atoms with van der Waals surface area (Å²) in [5.74, 6) is 0. The lowest BCUT2D eigenvalue weighted by molar-refractivity contribution is -0.0969. The highest BCUT2D eigenvalue weighted by molar-refractivity contribution is 4.75. The summed E-state index contributed by atoms with van der Waals surface area (Å²) in [5, 5.41) is 10.2. The van der Waals surface area contributed by atoms with Crippen molar-refractivity contribution >= 4 is 0 Å². The summed E-state index contributed by atoms with van der Waals surface area (Å²) in [6.07, 6.45) is 8.35. The van der Waals surface area contributed by atoms with Gasteiger partial charge < -0.3 is 14.6 Å². The van der Waals surface area contributed by atoms with Gasteiger partial charge in [0.05, 0.1) is 23.9 Å². The van der Waals surface area contributed by atoms with Crippen LogP contribution in [0.1, 0.15) is 92.9 Å². The third-order valence-electron chi connectivity index (χ3n) is 4.02. The van der Waals surface area contributed by atoms with Crippen molar-refractivity contribution in [2.45, 2.75) is 110 Å². The van der Waals surface area contributed by atoms with E-state index in [-0.39, 0.29) is 11.2 Å². The Morgan fingerprint density at radius 3 is 2.00 bits per heavy atom. The second kappa shape index (κ2) is 11.4. The van der Waals surface area contributed by atoms with E-state index in [9.17, 15) is 5.11 Å². The lowest BCUT2D eigenvalue weighted by Gasteiger charge is -2.31. The Balaban J connectivity index is 3.97. The van der Waals surface area contributed by atoms with Crippen LogP contribution in [-0.4, -0.2) is 35.6 Å². The van der Waals surface area contributed by atoms with E-state index in [4.69, 9.17) is 9.47 Å². The number of ether oxygens (including phenoxy) is 2. The number of aliphatic hydroxyl groups excluding tert-OH is 1. The predicted octanol–water partition coefficient (Wildman–Crippen LogP) is 5.10. The van der Waals surface area contributed by atoms with Crippen LogP contribution in [0.4, 0.5) is 0 Å². The molecule has 0 aliphatic rings. The summed E-state index contributed by atoms with van der Waals surface area (Å²) >= 11 is 0. The molecule has 0 aliphatic heterocycles. The molecule has 22 heavy (non-hydrogen) atoms. The van der Waals surface area contributed by atoms with E-state index < -0.39 is 6.10 Å². The number of aliphatic hydroxyl groups is 1. The van der Waals surface area contributed by atoms with Gasteiger partial charge in [0, 0.05) is 13.0 Å². The Bertz CT molecular complexity index is 261. The maximum atomic E-state index is 10.2. The van der Waals surface area contributed by atoms with Crippen LogP contribution in [-0.2, 0) is 9.47 Å². The summed E-state index contributed by atoms with van der Waals surface area (Å²) < 4.78 is 11.8. The SMILES string of the molecule is CCCCCOC(C)(C)CC(O)COC(C)(C)CCCCC. The summed E-state index contributed by atoms with van der Waals surface area (Å²) in [4.78, 5) is 0. The van der Waals surface area contributed by atoms with Gasteiger partial charge in [-0.25, -0.2) is 0 Å². The minimum atomic E-state index is -0.466. The Morgan fingerprint density at radius 2 is 1.41 bits per heavy atom. The average molecular weight is 317 g/mol. The van der Waals surface area contributed by atoms with Crippen LogP contribution in [0.15, 0.2) is 0 Å². The van der Waals surface area contributed by atoms with Crippen LogP contribution in [0, 0.1) is 0 Å². The summed E-state index contributed by atoms with van der Waals surface area (Å²) in [5.41, 5.74) is -0.439. The van der Waals surface area contributed by atoms with Crippen LogP contribution < -0.4 is 0 Å². The topological polar surface area (TPSA) is 38.7 Å². The fraction of sp³-hybridized carbons (Fsp3) is 1.00. The lowest BCUT2D eigenvalue weighted by atomic mass is 9.99. The van der Waals surface area contributed by atoms with Crippen molar-refractivity contribution in [1.82, 2.24) is 0 Å². The molecule has 0 rings (SSSR count). The molecule has 0 aromatic rings. The van der Waals surface area contributed by atoms with Crippen LogP contribution in [0.5, 0.6) is 0 Å². The van der Waals surface area contributed by atoms with E-state index in [1.165, 1.54) is 32.1 Å². The van der Waals surface area contributed by atoms with Crippen LogP contribution in [0.3, 0.4) is 0 Å². The van der Waals surface area contributed by atoms with Gasteiger partial charge in [0.15, 0.2) is 0 Å². The van der Waals surface area contributed by atoms with Crippen molar-refractivity contribution in [3.8, 4) is 0 Å². The average Bonchev–Trinajstić information content (AvgIpc) is 2.41. The maximum Gasteiger partial charge on any atom is 0.0801 e. The number of hydrogen-bond acceptors (Lipinski definition) is 3. The molecule has 0 aliphatic carbocycles. The summed E-state index contributed by atoms with van der Waals surface area (Å²) in [6, 6.07) is 0. The second-order valence-corrected chi connectivity index (χ2v) is 7.70. The smallest absolute Gasteiger partial charge is 0.0801 e. The van der Waals surface area contributed by atoms with Crippen molar-refractivity contribution in [2.75, 3.05) is 13.2 Å². The van der Waals surface area contributed by atoms with E-state index in [1.807, 2.05) is 0 Å². The van der Waals surface area contributed by atoms with Crippen molar-refractivity contribution < 1.29 is 14.6 Å². The molecule has 0 aromatic heterocycles. The Morgan fingerprint density at radius 1 is 0.818 bits per heavy atom. The fourth-order valence-electron chi connectivity index (χ4n) is 2.58. The first-order valence-electron chi connectivity index (χ1n) is 9.18. The molecule has 0 saturated heterocycles. The maximum absolute atomic E-state index is 10.2. The highest BCUT2D eigenvalue weighted by Crippen LogP contribution is 2.22. The number of rotatable bonds is 14. The van der Waals surface area contributed by atoms with Crippen molar-refractivity contribution in [3.63, 3.8) is 0 Å². The van der Waals surface area contributed by atoms with Crippen molar-refractivity contribution in [1.29, 1.82) is 0 Å². The van der Waals surface area contributed by atoms with Crippen LogP contribution in [0.25, 0.3) is 0 Å². The third kappa shape index (κ3) is 12.4. The van der Waals surface area contributed by atoms with Gasteiger partial charge in [0.25, 0.3) is 0 Å². The molecular weight excluding hydrogens is 276 g/mol. The molecule has 0 saturated carbocycles. The summed E-state index contributed by atoms with van der Waals surface area (Å²) in [6.45, 7) is 13.9. The van der Waals surface area contributed by atoms with E-state index >= 15 is 0 Å². The summed E-state index contributed by atoms with van der Waals surface area (Å²) in [7, 11) is 0. The molecule has 0 heterocycles. The Labute approximate surface area is 138 Å². The number of hydrogen-bond donors (Lipinski definition) is 1. The molecule has 1 unspecified atom stereocenters. The lowest BCUT2D eigenvalue weighted by Crippen LogP contribution is -2.35. The van der Waals surface area contributed by atoms with Crippen LogP contribution in [0.2, 0.25) is 0 Å². The van der Waals surface area contributed by atoms with E-state index in [2.05, 4.69) is 41.5 Å². The third-order valence-corrected chi connectivity index (χ3v) is 4.02. The quantitative estimate of drug-likeness (QED) is 0.453. The molecule has 0 bridgehead atoms. The van der Waals surface area contributed by atoms with Gasteiger partial charge in [-0.2, -0.15) is 0 Å². The molecule has 0 spiro atoms. The predicted molar refractivity (Wildman–Crippen MR) is 94.4 cm³/mol. The standard InChI is InChI=1S/C19H40O3/c1-7-9-11-13-18(3,4)22-16-17(20)15-19(5,6)21-14-12-10-8-2/h17,20H,7-16H2,1-6H3. The van der Waals surface area contributed by atoms with Gasteiger partial charge in [-0.15, -0.1) is 0 Å². The number of unbranched alkanes of at least 4 members (excludes halogenated alkanes) is 4. The van der Waals surface area contributed by atoms with Gasteiger partial charge in [-0.3, -0.25) is 0 Å². The zero-order valence-corrected chi connectivity index (χ0v) is 15.9. The fourth-order valence-corrected chi connectivity index (χ4v) is 2.58. The van der Waals surface area contributed by atoms with Crippen molar-refractivity contribution in [2.24, 2.45) is 0 Å². The highest BCUT2D eigenvalue weighted by Gasteiger charge is 2.25. The normalized spacial score (nSPS) is 14.3. The van der Waals surface area contributed by atoms with Gasteiger partial charge in [-0.1, -0.05) is 46.0 Å². The molecule has 134 valence electrons. The van der Waals surface area contributed by atoms with E-state index in [1.54, 1.807) is 0 Å². The first kappa shape index (κ1) is 21.9. The molecule has 1 atom stereocenters. The zero-order chi connectivity index (χ0) is 17.1. The monoisotopic (exact) mass is 316 g/mol. The van der Waals surface area contributed by atoms with E-state index in [0.29, 0.717) is 13.0 Å². The molecule has 0 aromatic carbocycles. The van der Waals surface area contributed by atoms with Gasteiger partial charge >= 0.3 is 0 Å². The van der Waals surface area contributed by atoms with Gasteiger partial charge in [0.2, 0.25) is 0 Å². The van der Waals surface area contributed by atoms with Gasteiger partial charge in [0.1, 0.15) is 0 Å². The van der Waals surface area contributed by atoms with Gasteiger partial charge in [-0.05, 0) is 40.5 Å². The molecule has 3 heteroatoms. The first-order chi connectivity index (χ1) is 10.2. The highest BCUT2D eigenvalue weighted by atomic mass is 16.5. The van der Waals surface area contributed by atoms with Crippen LogP contribution >= 0.6 is 0 Å². The van der Waals surface area contributed by atoms with Crippen molar-refractivity contribution in [3.05, 3.63) is 0 Å². The first-order valence-corrected chi connectivity index (χ1v) is 9.18. The molecule has 0 fully saturated rings. The molecule has 3 nitrogen and oxygen atoms in total.